The number of carboxylic acids is 1. The maximum absolute atomic E-state index is 13.7. The zero-order valence-electron chi connectivity index (χ0n) is 12.0. The van der Waals surface area contributed by atoms with Crippen molar-refractivity contribution < 1.29 is 23.1 Å². The van der Waals surface area contributed by atoms with E-state index in [9.17, 15) is 23.1 Å². The molecule has 3 nitrogen and oxygen atoms in total. The molecule has 0 aliphatic rings. The number of carboxylic acid groups (broad SMARTS) is 1. The number of hydrogen-bond acceptors (Lipinski definition) is 2. The molecule has 0 unspecified atom stereocenters. The van der Waals surface area contributed by atoms with Crippen molar-refractivity contribution in [1.82, 2.24) is 0 Å². The topological polar surface area (TPSA) is 49.3 Å². The highest BCUT2D eigenvalue weighted by Crippen LogP contribution is 2.33. The van der Waals surface area contributed by atoms with Gasteiger partial charge in [-0.15, -0.1) is 0 Å². The van der Waals surface area contributed by atoms with Crippen LogP contribution in [-0.4, -0.2) is 11.1 Å². The Bertz CT molecular complexity index is 729. The highest BCUT2D eigenvalue weighted by molar-refractivity contribution is 5.83. The van der Waals surface area contributed by atoms with E-state index in [0.717, 1.165) is 12.1 Å². The summed E-state index contributed by atoms with van der Waals surface area (Å²) in [5.74, 6) is -5.29. The number of aliphatic carboxylic acids is 1. The SMILES string of the molecule is CC(C)(C(=O)O)c1ccccc1Nc1ccc(F)c(F)c1F. The second kappa shape index (κ2) is 5.71. The van der Waals surface area contributed by atoms with E-state index in [1.54, 1.807) is 24.3 Å². The number of nitrogens with one attached hydrogen (secondary N) is 1. The van der Waals surface area contributed by atoms with Gasteiger partial charge in [-0.1, -0.05) is 18.2 Å². The first-order chi connectivity index (χ1) is 10.2. The second-order valence-electron chi connectivity index (χ2n) is 5.32. The highest BCUT2D eigenvalue weighted by atomic mass is 19.2. The molecule has 0 fully saturated rings. The third-order valence-corrected chi connectivity index (χ3v) is 3.44. The van der Waals surface area contributed by atoms with E-state index in [1.165, 1.54) is 13.8 Å². The van der Waals surface area contributed by atoms with E-state index in [1.807, 2.05) is 0 Å². The molecular weight excluding hydrogens is 295 g/mol. The normalized spacial score (nSPS) is 11.3. The van der Waals surface area contributed by atoms with Crippen molar-refractivity contribution in [3.05, 3.63) is 59.4 Å². The summed E-state index contributed by atoms with van der Waals surface area (Å²) < 4.78 is 40.0. The van der Waals surface area contributed by atoms with Crippen LogP contribution in [0.15, 0.2) is 36.4 Å². The van der Waals surface area contributed by atoms with Gasteiger partial charge in [-0.2, -0.15) is 0 Å². The Balaban J connectivity index is 2.48. The van der Waals surface area contributed by atoms with Crippen LogP contribution in [0, 0.1) is 17.5 Å². The number of halogens is 3. The summed E-state index contributed by atoms with van der Waals surface area (Å²) in [5, 5.41) is 11.9. The predicted octanol–water partition coefficient (Wildman–Crippen LogP) is 4.21. The van der Waals surface area contributed by atoms with Gasteiger partial charge in [0.15, 0.2) is 17.5 Å². The summed E-state index contributed by atoms with van der Waals surface area (Å²) in [7, 11) is 0. The lowest BCUT2D eigenvalue weighted by molar-refractivity contribution is -0.142. The van der Waals surface area contributed by atoms with Gasteiger partial charge < -0.3 is 10.4 Å². The molecule has 0 aliphatic carbocycles. The lowest BCUT2D eigenvalue weighted by Gasteiger charge is -2.23. The van der Waals surface area contributed by atoms with Gasteiger partial charge in [0.1, 0.15) is 0 Å². The average Bonchev–Trinajstić information content (AvgIpc) is 2.48. The first kappa shape index (κ1) is 15.9. The lowest BCUT2D eigenvalue weighted by atomic mass is 9.83. The van der Waals surface area contributed by atoms with E-state index in [4.69, 9.17) is 0 Å². The summed E-state index contributed by atoms with van der Waals surface area (Å²) in [6, 6.07) is 8.24. The molecule has 0 spiro atoms. The fourth-order valence-electron chi connectivity index (χ4n) is 2.02. The fraction of sp³-hybridized carbons (Fsp3) is 0.188. The smallest absolute Gasteiger partial charge is 0.313 e. The van der Waals surface area contributed by atoms with Crippen LogP contribution in [0.5, 0.6) is 0 Å². The fourth-order valence-corrected chi connectivity index (χ4v) is 2.02. The maximum atomic E-state index is 13.7. The van der Waals surface area contributed by atoms with Crippen molar-refractivity contribution in [3.8, 4) is 0 Å². The summed E-state index contributed by atoms with van der Waals surface area (Å²) in [4.78, 5) is 11.4. The first-order valence-electron chi connectivity index (χ1n) is 6.48. The molecule has 2 aromatic carbocycles. The van der Waals surface area contributed by atoms with Crippen LogP contribution < -0.4 is 5.32 Å². The minimum absolute atomic E-state index is 0.271. The molecule has 0 atom stereocenters. The van der Waals surface area contributed by atoms with Crippen LogP contribution in [0.25, 0.3) is 0 Å². The summed E-state index contributed by atoms with van der Waals surface area (Å²) in [6.07, 6.45) is 0. The van der Waals surface area contributed by atoms with Crippen LogP contribution in [0.2, 0.25) is 0 Å². The molecule has 2 N–H and O–H groups in total. The Kier molecular flexibility index (Phi) is 4.12. The molecular formula is C16H14F3NO2. The molecule has 0 aromatic heterocycles. The van der Waals surface area contributed by atoms with E-state index < -0.39 is 28.8 Å². The number of carbonyl (C=O) groups is 1. The number of rotatable bonds is 4. The Morgan fingerprint density at radius 1 is 1.00 bits per heavy atom. The molecule has 2 rings (SSSR count). The van der Waals surface area contributed by atoms with E-state index in [2.05, 4.69) is 5.32 Å². The van der Waals surface area contributed by atoms with Crippen LogP contribution in [0.3, 0.4) is 0 Å². The van der Waals surface area contributed by atoms with Crippen molar-refractivity contribution in [2.75, 3.05) is 5.32 Å². The molecule has 22 heavy (non-hydrogen) atoms. The van der Waals surface area contributed by atoms with Crippen molar-refractivity contribution in [2.24, 2.45) is 0 Å². The molecule has 6 heteroatoms. The zero-order valence-corrected chi connectivity index (χ0v) is 12.0. The summed E-state index contributed by atoms with van der Waals surface area (Å²) >= 11 is 0. The molecule has 0 aliphatic heterocycles. The Labute approximate surface area is 125 Å². The minimum Gasteiger partial charge on any atom is -0.481 e. The van der Waals surface area contributed by atoms with E-state index >= 15 is 0 Å². The second-order valence-corrected chi connectivity index (χ2v) is 5.32. The Morgan fingerprint density at radius 2 is 1.64 bits per heavy atom. The molecule has 0 amide bonds. The van der Waals surface area contributed by atoms with Gasteiger partial charge >= 0.3 is 5.97 Å². The van der Waals surface area contributed by atoms with E-state index in [0.29, 0.717) is 11.3 Å². The van der Waals surface area contributed by atoms with Crippen molar-refractivity contribution in [2.45, 2.75) is 19.3 Å². The predicted molar refractivity (Wildman–Crippen MR) is 76.7 cm³/mol. The number of para-hydroxylation sites is 1. The van der Waals surface area contributed by atoms with Crippen LogP contribution in [0.4, 0.5) is 24.5 Å². The Hall–Kier alpha value is -2.50. The van der Waals surface area contributed by atoms with E-state index in [-0.39, 0.29) is 5.69 Å². The van der Waals surface area contributed by atoms with Crippen LogP contribution in [0.1, 0.15) is 19.4 Å². The first-order valence-corrected chi connectivity index (χ1v) is 6.48. The Morgan fingerprint density at radius 3 is 2.27 bits per heavy atom. The number of anilines is 2. The lowest BCUT2D eigenvalue weighted by Crippen LogP contribution is -2.29. The monoisotopic (exact) mass is 309 g/mol. The zero-order chi connectivity index (χ0) is 16.5. The van der Waals surface area contributed by atoms with Gasteiger partial charge in [0.2, 0.25) is 0 Å². The number of hydrogen-bond donors (Lipinski definition) is 2. The largest absolute Gasteiger partial charge is 0.481 e. The standard InChI is InChI=1S/C16H14F3NO2/c1-16(2,15(21)22)9-5-3-4-6-11(9)20-12-8-7-10(17)13(18)14(12)19/h3-8,20H,1-2H3,(H,21,22). The van der Waals surface area contributed by atoms with Gasteiger partial charge in [-0.25, -0.2) is 13.2 Å². The highest BCUT2D eigenvalue weighted by Gasteiger charge is 2.31. The summed E-state index contributed by atoms with van der Waals surface area (Å²) in [6.45, 7) is 2.99. The molecule has 0 saturated carbocycles. The van der Waals surface area contributed by atoms with Gasteiger partial charge in [0, 0.05) is 5.69 Å². The van der Waals surface area contributed by atoms with Crippen LogP contribution >= 0.6 is 0 Å². The molecule has 0 heterocycles. The third-order valence-electron chi connectivity index (χ3n) is 3.44. The van der Waals surface area contributed by atoms with Gasteiger partial charge in [0.25, 0.3) is 0 Å². The average molecular weight is 309 g/mol. The quantitative estimate of drug-likeness (QED) is 0.832. The van der Waals surface area contributed by atoms with Gasteiger partial charge in [0.05, 0.1) is 11.1 Å². The molecule has 2 aromatic rings. The molecule has 0 radical (unpaired) electrons. The minimum atomic E-state index is -1.58. The number of benzene rings is 2. The maximum Gasteiger partial charge on any atom is 0.313 e. The van der Waals surface area contributed by atoms with Crippen molar-refractivity contribution in [3.63, 3.8) is 0 Å². The third kappa shape index (κ3) is 2.77. The van der Waals surface area contributed by atoms with Crippen molar-refractivity contribution in [1.29, 1.82) is 0 Å². The van der Waals surface area contributed by atoms with Gasteiger partial charge in [-0.05, 0) is 37.6 Å². The molecule has 0 bridgehead atoms. The van der Waals surface area contributed by atoms with Crippen molar-refractivity contribution >= 4 is 17.3 Å². The van der Waals surface area contributed by atoms with Crippen LogP contribution in [-0.2, 0) is 10.2 Å². The molecule has 0 saturated heterocycles. The summed E-state index contributed by atoms with van der Waals surface area (Å²) in [5.41, 5.74) is -0.808. The van der Waals surface area contributed by atoms with Gasteiger partial charge in [-0.3, -0.25) is 4.79 Å². The molecule has 116 valence electrons.